The number of nitrogens with two attached hydrogens (primary N) is 1. The summed E-state index contributed by atoms with van der Waals surface area (Å²) < 4.78 is 19.1. The summed E-state index contributed by atoms with van der Waals surface area (Å²) in [6, 6.07) is 23.1. The summed E-state index contributed by atoms with van der Waals surface area (Å²) in [5, 5.41) is 4.87. The summed E-state index contributed by atoms with van der Waals surface area (Å²) in [7, 11) is 0. The zero-order valence-electron chi connectivity index (χ0n) is 15.8. The van der Waals surface area contributed by atoms with Crippen LogP contribution in [0.2, 0.25) is 0 Å². The van der Waals surface area contributed by atoms with Gasteiger partial charge in [-0.3, -0.25) is 4.79 Å². The normalized spacial score (nSPS) is 11.6. The molecule has 5 heteroatoms. The van der Waals surface area contributed by atoms with E-state index in [1.807, 2.05) is 66.8 Å². The number of rotatable bonds is 8. The number of hydrogen-bond acceptors (Lipinski definition) is 2. The molecule has 0 bridgehead atoms. The molecule has 3 aromatic rings. The number of halogens is 1. The number of amides is 1. The maximum absolute atomic E-state index is 13.6. The molecule has 3 rings (SSSR count). The summed E-state index contributed by atoms with van der Waals surface area (Å²) >= 11 is 0. The topological polar surface area (TPSA) is 54.9 Å². The second-order valence-corrected chi connectivity index (χ2v) is 6.55. The SMILES string of the molecule is Cc1ccc(NC(=O)[C@H]([NH2+]CCOc2ccccc2F)c2ccccc2)cc1. The number of ether oxygens (including phenoxy) is 1. The highest BCUT2D eigenvalue weighted by Crippen LogP contribution is 2.15. The van der Waals surface area contributed by atoms with Gasteiger partial charge >= 0.3 is 0 Å². The Morgan fingerprint density at radius 2 is 1.68 bits per heavy atom. The highest BCUT2D eigenvalue weighted by atomic mass is 19.1. The summed E-state index contributed by atoms with van der Waals surface area (Å²) in [5.41, 5.74) is 2.79. The van der Waals surface area contributed by atoms with Crippen LogP contribution in [0.25, 0.3) is 0 Å². The third-order valence-electron chi connectivity index (χ3n) is 4.37. The Balaban J connectivity index is 1.63. The molecule has 0 radical (unpaired) electrons. The van der Waals surface area contributed by atoms with Gasteiger partial charge in [-0.05, 0) is 31.2 Å². The first-order valence-corrected chi connectivity index (χ1v) is 9.26. The Hall–Kier alpha value is -3.18. The van der Waals surface area contributed by atoms with Gasteiger partial charge in [0, 0.05) is 11.3 Å². The van der Waals surface area contributed by atoms with Crippen LogP contribution in [0.3, 0.4) is 0 Å². The Morgan fingerprint density at radius 1 is 1.00 bits per heavy atom. The van der Waals surface area contributed by atoms with E-state index in [9.17, 15) is 9.18 Å². The van der Waals surface area contributed by atoms with Crippen molar-refractivity contribution in [1.82, 2.24) is 0 Å². The van der Waals surface area contributed by atoms with Crippen molar-refractivity contribution in [1.29, 1.82) is 0 Å². The second kappa shape index (κ2) is 9.67. The summed E-state index contributed by atoms with van der Waals surface area (Å²) in [5.74, 6) is -0.281. The standard InChI is InChI=1S/C23H23FN2O2/c1-17-11-13-19(14-12-17)26-23(27)22(18-7-3-2-4-8-18)25-15-16-28-21-10-6-5-9-20(21)24/h2-14,22,25H,15-16H2,1H3,(H,26,27)/p+1/t22-/m1/s1. The zero-order chi connectivity index (χ0) is 19.8. The van der Waals surface area contributed by atoms with Crippen molar-refractivity contribution in [3.05, 3.63) is 95.8 Å². The molecule has 0 saturated carbocycles. The number of benzene rings is 3. The van der Waals surface area contributed by atoms with Crippen molar-refractivity contribution in [3.8, 4) is 5.75 Å². The van der Waals surface area contributed by atoms with Crippen LogP contribution in [0, 0.1) is 12.7 Å². The number of nitrogens with one attached hydrogen (secondary N) is 1. The highest BCUT2D eigenvalue weighted by Gasteiger charge is 2.24. The molecule has 0 aliphatic heterocycles. The third-order valence-corrected chi connectivity index (χ3v) is 4.37. The van der Waals surface area contributed by atoms with Crippen LogP contribution in [0.5, 0.6) is 5.75 Å². The number of carbonyl (C=O) groups excluding carboxylic acids is 1. The fraction of sp³-hybridized carbons (Fsp3) is 0.174. The van der Waals surface area contributed by atoms with Gasteiger partial charge in [0.05, 0.1) is 0 Å². The Kier molecular flexibility index (Phi) is 6.76. The molecule has 144 valence electrons. The number of aryl methyl sites for hydroxylation is 1. The van der Waals surface area contributed by atoms with Crippen LogP contribution < -0.4 is 15.4 Å². The lowest BCUT2D eigenvalue weighted by Gasteiger charge is -2.16. The first-order chi connectivity index (χ1) is 13.6. The molecule has 0 saturated heterocycles. The average molecular weight is 379 g/mol. The summed E-state index contributed by atoms with van der Waals surface area (Å²) in [6.45, 7) is 2.80. The van der Waals surface area contributed by atoms with Crippen molar-refractivity contribution < 1.29 is 19.2 Å². The lowest BCUT2D eigenvalue weighted by molar-refractivity contribution is -0.682. The maximum Gasteiger partial charge on any atom is 0.287 e. The third kappa shape index (κ3) is 5.41. The molecule has 3 aromatic carbocycles. The first kappa shape index (κ1) is 19.6. The van der Waals surface area contributed by atoms with Gasteiger partial charge in [0.15, 0.2) is 17.6 Å². The highest BCUT2D eigenvalue weighted by molar-refractivity contribution is 5.94. The lowest BCUT2D eigenvalue weighted by Crippen LogP contribution is -2.88. The van der Waals surface area contributed by atoms with Crippen LogP contribution in [-0.2, 0) is 4.79 Å². The fourth-order valence-electron chi connectivity index (χ4n) is 2.88. The van der Waals surface area contributed by atoms with Crippen LogP contribution >= 0.6 is 0 Å². The predicted molar refractivity (Wildman–Crippen MR) is 108 cm³/mol. The summed E-state index contributed by atoms with van der Waals surface area (Å²) in [6.07, 6.45) is 0. The lowest BCUT2D eigenvalue weighted by atomic mass is 10.1. The molecule has 1 atom stereocenters. The van der Waals surface area contributed by atoms with Crippen LogP contribution in [0.4, 0.5) is 10.1 Å². The van der Waals surface area contributed by atoms with Gasteiger partial charge in [-0.25, -0.2) is 4.39 Å². The number of carbonyl (C=O) groups is 1. The number of para-hydroxylation sites is 1. The molecule has 4 nitrogen and oxygen atoms in total. The van der Waals surface area contributed by atoms with Gasteiger partial charge in [-0.2, -0.15) is 0 Å². The van der Waals surface area contributed by atoms with Gasteiger partial charge in [0.1, 0.15) is 13.2 Å². The van der Waals surface area contributed by atoms with Gasteiger partial charge in [-0.1, -0.05) is 60.2 Å². The molecule has 1 amide bonds. The molecule has 0 aliphatic carbocycles. The minimum absolute atomic E-state index is 0.110. The Bertz CT molecular complexity index is 898. The number of quaternary nitrogens is 1. The molecule has 28 heavy (non-hydrogen) atoms. The van der Waals surface area contributed by atoms with Crippen molar-refractivity contribution in [2.24, 2.45) is 0 Å². The molecule has 0 aliphatic rings. The van der Waals surface area contributed by atoms with E-state index in [0.29, 0.717) is 13.2 Å². The molecule has 0 unspecified atom stereocenters. The van der Waals surface area contributed by atoms with E-state index < -0.39 is 6.04 Å². The predicted octanol–water partition coefficient (Wildman–Crippen LogP) is 3.46. The van der Waals surface area contributed by atoms with E-state index in [2.05, 4.69) is 5.32 Å². The van der Waals surface area contributed by atoms with Crippen molar-refractivity contribution in [3.63, 3.8) is 0 Å². The van der Waals surface area contributed by atoms with E-state index in [1.165, 1.54) is 6.07 Å². The monoisotopic (exact) mass is 379 g/mol. The van der Waals surface area contributed by atoms with Gasteiger partial charge in [-0.15, -0.1) is 0 Å². The zero-order valence-corrected chi connectivity index (χ0v) is 15.8. The number of hydrogen-bond donors (Lipinski definition) is 2. The Labute approximate surface area is 164 Å². The van der Waals surface area contributed by atoms with Crippen LogP contribution in [-0.4, -0.2) is 19.1 Å². The van der Waals surface area contributed by atoms with Crippen molar-refractivity contribution >= 4 is 11.6 Å². The average Bonchev–Trinajstić information content (AvgIpc) is 2.71. The molecular formula is C23H24FN2O2+. The van der Waals surface area contributed by atoms with Crippen LogP contribution in [0.15, 0.2) is 78.9 Å². The smallest absolute Gasteiger partial charge is 0.287 e. The maximum atomic E-state index is 13.6. The van der Waals surface area contributed by atoms with E-state index in [-0.39, 0.29) is 17.5 Å². The quantitative estimate of drug-likeness (QED) is 0.589. The molecule has 0 spiro atoms. The van der Waals surface area contributed by atoms with E-state index in [4.69, 9.17) is 4.74 Å². The van der Waals surface area contributed by atoms with Crippen molar-refractivity contribution in [2.45, 2.75) is 13.0 Å². The first-order valence-electron chi connectivity index (χ1n) is 9.26. The second-order valence-electron chi connectivity index (χ2n) is 6.55. The van der Waals surface area contributed by atoms with E-state index in [0.717, 1.165) is 16.8 Å². The Morgan fingerprint density at radius 3 is 2.39 bits per heavy atom. The van der Waals surface area contributed by atoms with Gasteiger partial charge in [0.25, 0.3) is 5.91 Å². The van der Waals surface area contributed by atoms with Crippen LogP contribution in [0.1, 0.15) is 17.2 Å². The fourth-order valence-corrected chi connectivity index (χ4v) is 2.88. The van der Waals surface area contributed by atoms with Crippen molar-refractivity contribution in [2.75, 3.05) is 18.5 Å². The molecule has 0 fully saturated rings. The van der Waals surface area contributed by atoms with E-state index in [1.54, 1.807) is 18.2 Å². The van der Waals surface area contributed by atoms with Gasteiger partial charge < -0.3 is 15.4 Å². The largest absolute Gasteiger partial charge is 0.485 e. The van der Waals surface area contributed by atoms with E-state index >= 15 is 0 Å². The molecule has 3 N–H and O–H groups in total. The minimum atomic E-state index is -0.424. The number of anilines is 1. The molecule has 0 heterocycles. The van der Waals surface area contributed by atoms with Gasteiger partial charge in [0.2, 0.25) is 0 Å². The minimum Gasteiger partial charge on any atom is -0.485 e. The summed E-state index contributed by atoms with van der Waals surface area (Å²) in [4.78, 5) is 12.9. The molecular weight excluding hydrogens is 355 g/mol. The molecule has 0 aromatic heterocycles.